The molecule has 2 aromatic heterocycles. The Hall–Kier alpha value is -2.13. The number of aromatic amines is 1. The summed E-state index contributed by atoms with van der Waals surface area (Å²) in [7, 11) is 0. The van der Waals surface area contributed by atoms with E-state index in [0.717, 1.165) is 0 Å². The average molecular weight is 175 g/mol. The lowest BCUT2D eigenvalue weighted by molar-refractivity contribution is 0.387. The van der Waals surface area contributed by atoms with Gasteiger partial charge in [-0.2, -0.15) is 5.26 Å². The zero-order valence-electron chi connectivity index (χ0n) is 6.44. The molecule has 2 aromatic rings. The van der Waals surface area contributed by atoms with Gasteiger partial charge in [-0.25, -0.2) is 9.97 Å². The molecule has 2 rings (SSSR count). The zero-order chi connectivity index (χ0) is 9.26. The highest BCUT2D eigenvalue weighted by molar-refractivity contribution is 5.91. The number of hydrogen-bond acceptors (Lipinski definition) is 5. The molecule has 3 N–H and O–H groups in total. The lowest BCUT2D eigenvalue weighted by Crippen LogP contribution is -1.94. The van der Waals surface area contributed by atoms with Gasteiger partial charge < -0.3 is 4.98 Å². The molecule has 13 heavy (non-hydrogen) atoms. The summed E-state index contributed by atoms with van der Waals surface area (Å²) in [6, 6.07) is 1.96. The number of nitrogens with one attached hydrogen (secondary N) is 2. The first-order chi connectivity index (χ1) is 6.36. The van der Waals surface area contributed by atoms with Gasteiger partial charge in [0.15, 0.2) is 5.82 Å². The van der Waals surface area contributed by atoms with E-state index >= 15 is 0 Å². The Morgan fingerprint density at radius 2 is 2.38 bits per heavy atom. The van der Waals surface area contributed by atoms with Crippen LogP contribution in [0, 0.1) is 11.3 Å². The molecule has 0 bridgehead atoms. The minimum Gasteiger partial charge on any atom is -0.345 e. The number of hydrogen-bond donors (Lipinski definition) is 3. The Kier molecular flexibility index (Phi) is 1.58. The van der Waals surface area contributed by atoms with E-state index in [0.29, 0.717) is 16.6 Å². The largest absolute Gasteiger partial charge is 0.345 e. The molecule has 6 heteroatoms. The number of H-pyrrole nitrogens is 1. The van der Waals surface area contributed by atoms with Crippen molar-refractivity contribution in [2.24, 2.45) is 0 Å². The molecule has 0 atom stereocenters. The summed E-state index contributed by atoms with van der Waals surface area (Å²) in [5, 5.41) is 17.9. The maximum absolute atomic E-state index is 8.71. The van der Waals surface area contributed by atoms with E-state index in [2.05, 4.69) is 15.0 Å². The molecule has 64 valence electrons. The van der Waals surface area contributed by atoms with Crippen molar-refractivity contribution in [1.82, 2.24) is 15.0 Å². The summed E-state index contributed by atoms with van der Waals surface area (Å²) in [5.41, 5.74) is 2.82. The van der Waals surface area contributed by atoms with E-state index < -0.39 is 0 Å². The van der Waals surface area contributed by atoms with Gasteiger partial charge in [0.2, 0.25) is 0 Å². The van der Waals surface area contributed by atoms with Gasteiger partial charge in [-0.15, -0.1) is 0 Å². The van der Waals surface area contributed by atoms with E-state index in [4.69, 9.17) is 10.5 Å². The molecule has 0 unspecified atom stereocenters. The predicted octanol–water partition coefficient (Wildman–Crippen LogP) is 0.631. The van der Waals surface area contributed by atoms with Gasteiger partial charge in [0.05, 0.1) is 10.9 Å². The van der Waals surface area contributed by atoms with Crippen molar-refractivity contribution >= 4 is 16.9 Å². The highest BCUT2D eigenvalue weighted by atomic mass is 16.5. The third-order valence-corrected chi connectivity index (χ3v) is 1.70. The lowest BCUT2D eigenvalue weighted by atomic mass is 10.2. The molecule has 6 nitrogen and oxygen atoms in total. The Morgan fingerprint density at radius 1 is 1.54 bits per heavy atom. The second-order valence-corrected chi connectivity index (χ2v) is 2.37. The van der Waals surface area contributed by atoms with Crippen LogP contribution in [0.3, 0.4) is 0 Å². The SMILES string of the molecule is N#Cc1c[nH]c2ncnc(NO)c12. The smallest absolute Gasteiger partial charge is 0.163 e. The highest BCUT2D eigenvalue weighted by Gasteiger charge is 2.09. The Morgan fingerprint density at radius 3 is 3.08 bits per heavy atom. The monoisotopic (exact) mass is 175 g/mol. The number of nitrogens with zero attached hydrogens (tertiary/aromatic N) is 3. The van der Waals surface area contributed by atoms with Crippen molar-refractivity contribution in [3.8, 4) is 6.07 Å². The molecule has 0 saturated heterocycles. The van der Waals surface area contributed by atoms with Crippen molar-refractivity contribution in [2.75, 3.05) is 5.48 Å². The molecule has 2 heterocycles. The van der Waals surface area contributed by atoms with Crippen LogP contribution in [-0.4, -0.2) is 20.2 Å². The van der Waals surface area contributed by atoms with Crippen molar-refractivity contribution in [2.45, 2.75) is 0 Å². The molecular weight excluding hydrogens is 170 g/mol. The zero-order valence-corrected chi connectivity index (χ0v) is 6.44. The fourth-order valence-corrected chi connectivity index (χ4v) is 1.14. The first-order valence-corrected chi connectivity index (χ1v) is 3.49. The average Bonchev–Trinajstić information content (AvgIpc) is 2.60. The molecule has 0 aliphatic rings. The molecule has 0 amide bonds. The fraction of sp³-hybridized carbons (Fsp3) is 0. The third-order valence-electron chi connectivity index (χ3n) is 1.70. The van der Waals surface area contributed by atoms with Gasteiger partial charge in [0.1, 0.15) is 18.0 Å². The normalized spacial score (nSPS) is 9.85. The highest BCUT2D eigenvalue weighted by Crippen LogP contribution is 2.21. The second kappa shape index (κ2) is 2.73. The predicted molar refractivity (Wildman–Crippen MR) is 44.0 cm³/mol. The molecule has 0 aliphatic carbocycles. The van der Waals surface area contributed by atoms with Crippen molar-refractivity contribution in [3.05, 3.63) is 18.1 Å². The fourth-order valence-electron chi connectivity index (χ4n) is 1.14. The molecular formula is C7H5N5O. The Labute approximate surface area is 72.8 Å². The lowest BCUT2D eigenvalue weighted by Gasteiger charge is -1.97. The third kappa shape index (κ3) is 0.988. The van der Waals surface area contributed by atoms with Crippen LogP contribution in [0.15, 0.2) is 12.5 Å². The number of rotatable bonds is 1. The molecule has 0 spiro atoms. The summed E-state index contributed by atoms with van der Waals surface area (Å²) >= 11 is 0. The summed E-state index contributed by atoms with van der Waals surface area (Å²) in [4.78, 5) is 10.4. The Balaban J connectivity index is 2.85. The second-order valence-electron chi connectivity index (χ2n) is 2.37. The quantitative estimate of drug-likeness (QED) is 0.552. The van der Waals surface area contributed by atoms with Crippen LogP contribution in [0.1, 0.15) is 5.56 Å². The van der Waals surface area contributed by atoms with Gasteiger partial charge in [-0.05, 0) is 0 Å². The summed E-state index contributed by atoms with van der Waals surface area (Å²) in [5.74, 6) is 0.225. The standard InChI is InChI=1S/C7H5N5O/c8-1-4-2-9-6-5(4)7(12-13)11-3-10-6/h2-3,13H,(H2,9,10,11,12). The van der Waals surface area contributed by atoms with E-state index in [1.165, 1.54) is 12.5 Å². The number of fused-ring (bicyclic) bond motifs is 1. The van der Waals surface area contributed by atoms with Gasteiger partial charge >= 0.3 is 0 Å². The van der Waals surface area contributed by atoms with Gasteiger partial charge in [-0.3, -0.25) is 10.7 Å². The molecule has 0 radical (unpaired) electrons. The van der Waals surface area contributed by atoms with Crippen LogP contribution in [0.2, 0.25) is 0 Å². The molecule has 0 saturated carbocycles. The summed E-state index contributed by atoms with van der Waals surface area (Å²) in [6.45, 7) is 0. The Bertz CT molecular complexity index is 483. The van der Waals surface area contributed by atoms with Crippen LogP contribution in [0.4, 0.5) is 5.82 Å². The first kappa shape index (κ1) is 7.52. The number of nitriles is 1. The minimum atomic E-state index is 0.225. The molecule has 0 aliphatic heterocycles. The van der Waals surface area contributed by atoms with Gasteiger partial charge in [-0.1, -0.05) is 0 Å². The van der Waals surface area contributed by atoms with Crippen molar-refractivity contribution in [3.63, 3.8) is 0 Å². The maximum atomic E-state index is 8.71. The van der Waals surface area contributed by atoms with Gasteiger partial charge in [0.25, 0.3) is 0 Å². The maximum Gasteiger partial charge on any atom is 0.163 e. The van der Waals surface area contributed by atoms with Gasteiger partial charge in [0, 0.05) is 6.20 Å². The molecule has 0 aromatic carbocycles. The van der Waals surface area contributed by atoms with Crippen LogP contribution in [0.5, 0.6) is 0 Å². The van der Waals surface area contributed by atoms with E-state index in [1.54, 1.807) is 0 Å². The van der Waals surface area contributed by atoms with Crippen LogP contribution < -0.4 is 5.48 Å². The number of anilines is 1. The van der Waals surface area contributed by atoms with E-state index in [1.807, 2.05) is 11.5 Å². The summed E-state index contributed by atoms with van der Waals surface area (Å²) < 4.78 is 0. The first-order valence-electron chi connectivity index (χ1n) is 3.49. The minimum absolute atomic E-state index is 0.225. The van der Waals surface area contributed by atoms with E-state index in [-0.39, 0.29) is 5.82 Å². The van der Waals surface area contributed by atoms with Crippen molar-refractivity contribution < 1.29 is 5.21 Å². The van der Waals surface area contributed by atoms with Crippen molar-refractivity contribution in [1.29, 1.82) is 5.26 Å². The molecule has 0 fully saturated rings. The van der Waals surface area contributed by atoms with Crippen LogP contribution >= 0.6 is 0 Å². The van der Waals surface area contributed by atoms with E-state index in [9.17, 15) is 0 Å². The van der Waals surface area contributed by atoms with Crippen LogP contribution in [0.25, 0.3) is 11.0 Å². The number of aromatic nitrogens is 3. The summed E-state index contributed by atoms with van der Waals surface area (Å²) in [6.07, 6.45) is 2.80. The van der Waals surface area contributed by atoms with Crippen LogP contribution in [-0.2, 0) is 0 Å². The topological polar surface area (TPSA) is 97.6 Å².